The molecule has 1 aromatic rings. The number of unbranched alkanes of at least 4 members (excludes halogenated alkanes) is 1. The normalized spacial score (nSPS) is 14.2. The number of carbonyl (C=O) groups excluding carboxylic acids is 4. The highest BCUT2D eigenvalue weighted by molar-refractivity contribution is 6.14. The average Bonchev–Trinajstić information content (AvgIpc) is 3.01. The van der Waals surface area contributed by atoms with Gasteiger partial charge in [0.1, 0.15) is 12.6 Å². The predicted octanol–water partition coefficient (Wildman–Crippen LogP) is 1.55. The van der Waals surface area contributed by atoms with Crippen molar-refractivity contribution < 1.29 is 28.7 Å². The maximum absolute atomic E-state index is 11.9. The number of imide groups is 1. The number of rotatable bonds is 9. The summed E-state index contributed by atoms with van der Waals surface area (Å²) in [6, 6.07) is 8.35. The Bertz CT molecular complexity index is 698. The van der Waals surface area contributed by atoms with Gasteiger partial charge in [-0.05, 0) is 24.8 Å². The van der Waals surface area contributed by atoms with Crippen LogP contribution in [0.2, 0.25) is 0 Å². The second-order valence-electron chi connectivity index (χ2n) is 5.90. The van der Waals surface area contributed by atoms with Crippen molar-refractivity contribution in [1.29, 1.82) is 0 Å². The van der Waals surface area contributed by atoms with Crippen molar-refractivity contribution in [2.75, 3.05) is 13.7 Å². The molecular formula is C19H22N2O6. The number of ether oxygens (including phenoxy) is 2. The first kappa shape index (κ1) is 20.2. The van der Waals surface area contributed by atoms with E-state index in [1.165, 1.54) is 7.11 Å². The van der Waals surface area contributed by atoms with Crippen LogP contribution in [0.15, 0.2) is 42.5 Å². The summed E-state index contributed by atoms with van der Waals surface area (Å²) in [5.41, 5.74) is 0.891. The maximum Gasteiger partial charge on any atom is 0.407 e. The smallest absolute Gasteiger partial charge is 0.407 e. The molecule has 0 saturated heterocycles. The number of hydrogen-bond acceptors (Lipinski definition) is 6. The molecule has 0 spiro atoms. The Kier molecular flexibility index (Phi) is 7.54. The Morgan fingerprint density at radius 1 is 1.07 bits per heavy atom. The zero-order chi connectivity index (χ0) is 19.6. The standard InChI is InChI=1S/C19H22N2O6/c1-26-18(24)15(21-16(22)10-11-17(21)23)9-5-6-12-20-19(25)27-13-14-7-3-2-4-8-14/h2-4,7-8,10-11,15H,5-6,9,12-13H2,1H3,(H,20,25)/t15-/m0/s1. The third-order valence-corrected chi connectivity index (χ3v) is 4.01. The van der Waals surface area contributed by atoms with Crippen molar-refractivity contribution >= 4 is 23.9 Å². The quantitative estimate of drug-likeness (QED) is 0.400. The number of carbonyl (C=O) groups is 4. The van der Waals surface area contributed by atoms with E-state index in [9.17, 15) is 19.2 Å². The zero-order valence-electron chi connectivity index (χ0n) is 15.1. The fourth-order valence-corrected chi connectivity index (χ4v) is 2.63. The van der Waals surface area contributed by atoms with E-state index < -0.39 is 29.9 Å². The van der Waals surface area contributed by atoms with Crippen LogP contribution in [0.4, 0.5) is 4.79 Å². The first-order valence-electron chi connectivity index (χ1n) is 8.60. The summed E-state index contributed by atoms with van der Waals surface area (Å²) in [5, 5.41) is 2.62. The molecule has 2 rings (SSSR count). The van der Waals surface area contributed by atoms with Crippen LogP contribution < -0.4 is 5.32 Å². The number of methoxy groups -OCH3 is 1. The van der Waals surface area contributed by atoms with Crippen molar-refractivity contribution in [2.24, 2.45) is 0 Å². The van der Waals surface area contributed by atoms with Crippen LogP contribution in [0.5, 0.6) is 0 Å². The minimum Gasteiger partial charge on any atom is -0.467 e. The third kappa shape index (κ3) is 5.95. The Hall–Kier alpha value is -3.16. The van der Waals surface area contributed by atoms with Crippen molar-refractivity contribution in [1.82, 2.24) is 10.2 Å². The first-order valence-corrected chi connectivity index (χ1v) is 8.60. The first-order chi connectivity index (χ1) is 13.0. The lowest BCUT2D eigenvalue weighted by atomic mass is 10.1. The molecule has 27 heavy (non-hydrogen) atoms. The van der Waals surface area contributed by atoms with Crippen LogP contribution in [0.25, 0.3) is 0 Å². The van der Waals surface area contributed by atoms with E-state index in [1.54, 1.807) is 0 Å². The average molecular weight is 374 g/mol. The molecule has 0 fully saturated rings. The second-order valence-corrected chi connectivity index (χ2v) is 5.90. The molecule has 3 amide bonds. The molecule has 0 unspecified atom stereocenters. The molecular weight excluding hydrogens is 352 g/mol. The minimum absolute atomic E-state index is 0.184. The van der Waals surface area contributed by atoms with Gasteiger partial charge in [0.05, 0.1) is 7.11 Å². The number of nitrogens with one attached hydrogen (secondary N) is 1. The van der Waals surface area contributed by atoms with Crippen molar-refractivity contribution in [2.45, 2.75) is 31.9 Å². The van der Waals surface area contributed by atoms with Gasteiger partial charge in [-0.2, -0.15) is 0 Å². The molecule has 1 N–H and O–H groups in total. The Morgan fingerprint density at radius 2 is 1.74 bits per heavy atom. The van der Waals surface area contributed by atoms with E-state index >= 15 is 0 Å². The molecule has 1 atom stereocenters. The summed E-state index contributed by atoms with van der Waals surface area (Å²) in [7, 11) is 1.21. The molecule has 8 heteroatoms. The number of nitrogens with zero attached hydrogens (tertiary/aromatic N) is 1. The van der Waals surface area contributed by atoms with E-state index in [0.29, 0.717) is 19.4 Å². The van der Waals surface area contributed by atoms with Crippen LogP contribution >= 0.6 is 0 Å². The molecule has 0 radical (unpaired) electrons. The van der Waals surface area contributed by atoms with Crippen LogP contribution in [0, 0.1) is 0 Å². The van der Waals surface area contributed by atoms with Gasteiger partial charge in [-0.15, -0.1) is 0 Å². The number of benzene rings is 1. The monoisotopic (exact) mass is 374 g/mol. The Morgan fingerprint density at radius 3 is 2.37 bits per heavy atom. The van der Waals surface area contributed by atoms with Crippen LogP contribution in [-0.2, 0) is 30.5 Å². The number of hydrogen-bond donors (Lipinski definition) is 1. The lowest BCUT2D eigenvalue weighted by Crippen LogP contribution is -2.45. The molecule has 1 heterocycles. The third-order valence-electron chi connectivity index (χ3n) is 4.01. The maximum atomic E-state index is 11.9. The highest BCUT2D eigenvalue weighted by Gasteiger charge is 2.35. The molecule has 0 bridgehead atoms. The lowest BCUT2D eigenvalue weighted by Gasteiger charge is -2.23. The van der Waals surface area contributed by atoms with Gasteiger partial charge in [-0.1, -0.05) is 30.3 Å². The SMILES string of the molecule is COC(=O)[C@H](CCCCNC(=O)OCc1ccccc1)N1C(=O)C=CC1=O. The molecule has 0 aliphatic carbocycles. The van der Waals surface area contributed by atoms with Crippen molar-refractivity contribution in [3.8, 4) is 0 Å². The van der Waals surface area contributed by atoms with Gasteiger partial charge in [-0.25, -0.2) is 9.59 Å². The van der Waals surface area contributed by atoms with Gasteiger partial charge in [0.15, 0.2) is 0 Å². The highest BCUT2D eigenvalue weighted by Crippen LogP contribution is 2.16. The van der Waals surface area contributed by atoms with E-state index in [1.807, 2.05) is 30.3 Å². The van der Waals surface area contributed by atoms with Crippen LogP contribution in [0.3, 0.4) is 0 Å². The van der Waals surface area contributed by atoms with Crippen LogP contribution in [0.1, 0.15) is 24.8 Å². The molecule has 144 valence electrons. The van der Waals surface area contributed by atoms with Crippen molar-refractivity contribution in [3.63, 3.8) is 0 Å². The molecule has 0 aromatic heterocycles. The Balaban J connectivity index is 1.69. The summed E-state index contributed by atoms with van der Waals surface area (Å²) in [5.74, 6) is -1.70. The number of esters is 1. The number of alkyl carbamates (subject to hydrolysis) is 1. The highest BCUT2D eigenvalue weighted by atomic mass is 16.5. The molecule has 1 aliphatic heterocycles. The second kappa shape index (κ2) is 10.1. The van der Waals surface area contributed by atoms with E-state index in [4.69, 9.17) is 4.74 Å². The van der Waals surface area contributed by atoms with E-state index in [-0.39, 0.29) is 13.0 Å². The fraction of sp³-hybridized carbons (Fsp3) is 0.368. The van der Waals surface area contributed by atoms with Crippen molar-refractivity contribution in [3.05, 3.63) is 48.0 Å². The summed E-state index contributed by atoms with van der Waals surface area (Å²) in [6.07, 6.45) is 3.04. The van der Waals surface area contributed by atoms with Gasteiger partial charge in [0, 0.05) is 18.7 Å². The lowest BCUT2D eigenvalue weighted by molar-refractivity contribution is -0.155. The summed E-state index contributed by atoms with van der Waals surface area (Å²) in [6.45, 7) is 0.533. The molecule has 1 aliphatic rings. The Labute approximate surface area is 157 Å². The van der Waals surface area contributed by atoms with Gasteiger partial charge < -0.3 is 14.8 Å². The fourth-order valence-electron chi connectivity index (χ4n) is 2.63. The topological polar surface area (TPSA) is 102 Å². The summed E-state index contributed by atoms with van der Waals surface area (Å²) in [4.78, 5) is 47.9. The number of amides is 3. The zero-order valence-corrected chi connectivity index (χ0v) is 15.1. The minimum atomic E-state index is -0.963. The largest absolute Gasteiger partial charge is 0.467 e. The molecule has 8 nitrogen and oxygen atoms in total. The molecule has 0 saturated carbocycles. The van der Waals surface area contributed by atoms with Gasteiger partial charge in [-0.3, -0.25) is 14.5 Å². The predicted molar refractivity (Wildman–Crippen MR) is 95.3 cm³/mol. The molecule has 1 aromatic carbocycles. The summed E-state index contributed by atoms with van der Waals surface area (Å²) >= 11 is 0. The van der Waals surface area contributed by atoms with Gasteiger partial charge in [0.25, 0.3) is 11.8 Å². The summed E-state index contributed by atoms with van der Waals surface area (Å²) < 4.78 is 9.78. The van der Waals surface area contributed by atoms with Crippen LogP contribution in [-0.4, -0.2) is 48.5 Å². The van der Waals surface area contributed by atoms with E-state index in [2.05, 4.69) is 10.1 Å². The van der Waals surface area contributed by atoms with Gasteiger partial charge >= 0.3 is 12.1 Å². The van der Waals surface area contributed by atoms with Gasteiger partial charge in [0.2, 0.25) is 0 Å². The van der Waals surface area contributed by atoms with E-state index in [0.717, 1.165) is 22.6 Å².